The first-order chi connectivity index (χ1) is 8.51. The van der Waals surface area contributed by atoms with Crippen molar-refractivity contribution in [2.75, 3.05) is 6.54 Å². The van der Waals surface area contributed by atoms with Gasteiger partial charge in [-0.25, -0.2) is 8.78 Å². The maximum Gasteiger partial charge on any atom is 0.129 e. The van der Waals surface area contributed by atoms with Crippen LogP contribution in [0.2, 0.25) is 0 Å². The maximum atomic E-state index is 13.0. The predicted octanol–water partition coefficient (Wildman–Crippen LogP) is 3.51. The molecule has 0 heterocycles. The minimum absolute atomic E-state index is 0.0921. The van der Waals surface area contributed by atoms with Gasteiger partial charge in [-0.1, -0.05) is 6.92 Å². The summed E-state index contributed by atoms with van der Waals surface area (Å²) in [6, 6.07) is 3.55. The van der Waals surface area contributed by atoms with E-state index in [1.165, 1.54) is 12.1 Å². The summed E-state index contributed by atoms with van der Waals surface area (Å²) in [4.78, 5) is 0. The molecular weight excluding hydrogens is 236 g/mol. The van der Waals surface area contributed by atoms with Crippen molar-refractivity contribution in [1.82, 2.24) is 5.32 Å². The van der Waals surface area contributed by atoms with Gasteiger partial charge in [-0.2, -0.15) is 0 Å². The Morgan fingerprint density at radius 1 is 1.17 bits per heavy atom. The third-order valence-electron chi connectivity index (χ3n) is 2.60. The van der Waals surface area contributed by atoms with Gasteiger partial charge in [-0.3, -0.25) is 0 Å². The third-order valence-corrected chi connectivity index (χ3v) is 2.60. The largest absolute Gasteiger partial charge is 0.490 e. The number of nitrogens with one attached hydrogen (secondary N) is 1. The zero-order valence-corrected chi connectivity index (χ0v) is 11.2. The number of ether oxygens (including phenoxy) is 1. The van der Waals surface area contributed by atoms with Crippen molar-refractivity contribution in [2.24, 2.45) is 0 Å². The molecule has 0 saturated heterocycles. The molecule has 2 atom stereocenters. The van der Waals surface area contributed by atoms with Gasteiger partial charge >= 0.3 is 0 Å². The number of hydrogen-bond acceptors (Lipinski definition) is 2. The molecule has 0 bridgehead atoms. The summed E-state index contributed by atoms with van der Waals surface area (Å²) in [6.45, 7) is 7.03. The van der Waals surface area contributed by atoms with Gasteiger partial charge in [0.1, 0.15) is 17.4 Å². The summed E-state index contributed by atoms with van der Waals surface area (Å²) < 4.78 is 31.5. The van der Waals surface area contributed by atoms with Gasteiger partial charge in [-0.05, 0) is 33.2 Å². The fourth-order valence-corrected chi connectivity index (χ4v) is 1.85. The van der Waals surface area contributed by atoms with Crippen molar-refractivity contribution >= 4 is 0 Å². The standard InChI is InChI=1S/C14H21F2NO/c1-4-5-17-10(2)6-11(3)18-14-8-12(15)7-13(16)9-14/h7-11,17H,4-6H2,1-3H3. The van der Waals surface area contributed by atoms with Crippen molar-refractivity contribution in [3.63, 3.8) is 0 Å². The summed E-state index contributed by atoms with van der Waals surface area (Å²) >= 11 is 0. The average molecular weight is 257 g/mol. The highest BCUT2D eigenvalue weighted by molar-refractivity contribution is 5.23. The van der Waals surface area contributed by atoms with Gasteiger partial charge in [-0.15, -0.1) is 0 Å². The molecular formula is C14H21F2NO. The van der Waals surface area contributed by atoms with Gasteiger partial charge in [0.25, 0.3) is 0 Å². The molecule has 0 aliphatic rings. The molecule has 0 amide bonds. The lowest BCUT2D eigenvalue weighted by Crippen LogP contribution is -2.31. The highest BCUT2D eigenvalue weighted by Crippen LogP contribution is 2.18. The van der Waals surface area contributed by atoms with Crippen LogP contribution in [-0.4, -0.2) is 18.7 Å². The van der Waals surface area contributed by atoms with E-state index in [0.29, 0.717) is 6.04 Å². The zero-order chi connectivity index (χ0) is 13.5. The molecule has 0 fully saturated rings. The van der Waals surface area contributed by atoms with Crippen LogP contribution in [0, 0.1) is 11.6 Å². The number of hydrogen-bond donors (Lipinski definition) is 1. The number of halogens is 2. The molecule has 2 nitrogen and oxygen atoms in total. The van der Waals surface area contributed by atoms with E-state index >= 15 is 0 Å². The molecule has 18 heavy (non-hydrogen) atoms. The highest BCUT2D eigenvalue weighted by atomic mass is 19.1. The van der Waals surface area contributed by atoms with E-state index in [1.54, 1.807) is 0 Å². The van der Waals surface area contributed by atoms with Gasteiger partial charge in [0, 0.05) is 24.2 Å². The van der Waals surface area contributed by atoms with Crippen LogP contribution in [0.3, 0.4) is 0 Å². The van der Waals surface area contributed by atoms with E-state index in [4.69, 9.17) is 4.74 Å². The summed E-state index contributed by atoms with van der Waals surface area (Å²) in [5.41, 5.74) is 0. The second kappa shape index (κ2) is 7.31. The predicted molar refractivity (Wildman–Crippen MR) is 68.8 cm³/mol. The van der Waals surface area contributed by atoms with E-state index in [-0.39, 0.29) is 11.9 Å². The molecule has 0 aliphatic heterocycles. The van der Waals surface area contributed by atoms with E-state index in [0.717, 1.165) is 25.5 Å². The third kappa shape index (κ3) is 5.45. The summed E-state index contributed by atoms with van der Waals surface area (Å²) in [7, 11) is 0. The van der Waals surface area contributed by atoms with E-state index in [2.05, 4.69) is 19.2 Å². The van der Waals surface area contributed by atoms with Gasteiger partial charge in [0.05, 0.1) is 6.10 Å². The van der Waals surface area contributed by atoms with Crippen molar-refractivity contribution < 1.29 is 13.5 Å². The first-order valence-electron chi connectivity index (χ1n) is 6.37. The maximum absolute atomic E-state index is 13.0. The van der Waals surface area contributed by atoms with Gasteiger partial charge in [0.15, 0.2) is 0 Å². The van der Waals surface area contributed by atoms with Crippen LogP contribution in [0.4, 0.5) is 8.78 Å². The Balaban J connectivity index is 2.46. The first kappa shape index (κ1) is 14.9. The van der Waals surface area contributed by atoms with Crippen molar-refractivity contribution in [3.05, 3.63) is 29.8 Å². The van der Waals surface area contributed by atoms with E-state index < -0.39 is 11.6 Å². The molecule has 4 heteroatoms. The van der Waals surface area contributed by atoms with Crippen LogP contribution in [-0.2, 0) is 0 Å². The van der Waals surface area contributed by atoms with Crippen LogP contribution in [0.1, 0.15) is 33.6 Å². The topological polar surface area (TPSA) is 21.3 Å². The van der Waals surface area contributed by atoms with Gasteiger partial charge < -0.3 is 10.1 Å². The Kier molecular flexibility index (Phi) is 6.05. The SMILES string of the molecule is CCCNC(C)CC(C)Oc1cc(F)cc(F)c1. The minimum Gasteiger partial charge on any atom is -0.490 e. The highest BCUT2D eigenvalue weighted by Gasteiger charge is 2.10. The van der Waals surface area contributed by atoms with Crippen LogP contribution in [0.25, 0.3) is 0 Å². The summed E-state index contributed by atoms with van der Waals surface area (Å²) in [6.07, 6.45) is 1.78. The molecule has 1 aromatic rings. The molecule has 0 saturated carbocycles. The molecule has 102 valence electrons. The lowest BCUT2D eigenvalue weighted by Gasteiger charge is -2.20. The van der Waals surface area contributed by atoms with E-state index in [9.17, 15) is 8.78 Å². The molecule has 0 aliphatic carbocycles. The first-order valence-corrected chi connectivity index (χ1v) is 6.37. The van der Waals surface area contributed by atoms with Crippen LogP contribution in [0.15, 0.2) is 18.2 Å². The zero-order valence-electron chi connectivity index (χ0n) is 11.2. The fraction of sp³-hybridized carbons (Fsp3) is 0.571. The summed E-state index contributed by atoms with van der Waals surface area (Å²) in [5.74, 6) is -0.994. The molecule has 0 radical (unpaired) electrons. The smallest absolute Gasteiger partial charge is 0.129 e. The van der Waals surface area contributed by atoms with E-state index in [1.807, 2.05) is 6.92 Å². The van der Waals surface area contributed by atoms with Crippen LogP contribution in [0.5, 0.6) is 5.75 Å². The van der Waals surface area contributed by atoms with Crippen molar-refractivity contribution in [3.8, 4) is 5.75 Å². The van der Waals surface area contributed by atoms with Crippen LogP contribution < -0.4 is 10.1 Å². The van der Waals surface area contributed by atoms with Crippen molar-refractivity contribution in [1.29, 1.82) is 0 Å². The molecule has 0 spiro atoms. The summed E-state index contributed by atoms with van der Waals surface area (Å²) in [5, 5.41) is 3.34. The Morgan fingerprint density at radius 2 is 1.78 bits per heavy atom. The molecule has 1 N–H and O–H groups in total. The fourth-order valence-electron chi connectivity index (χ4n) is 1.85. The van der Waals surface area contributed by atoms with Crippen LogP contribution >= 0.6 is 0 Å². The number of benzene rings is 1. The average Bonchev–Trinajstić information content (AvgIpc) is 2.24. The van der Waals surface area contributed by atoms with Crippen molar-refractivity contribution in [2.45, 2.75) is 45.8 Å². The minimum atomic E-state index is -0.616. The monoisotopic (exact) mass is 257 g/mol. The Bertz CT molecular complexity index is 351. The van der Waals surface area contributed by atoms with Gasteiger partial charge in [0.2, 0.25) is 0 Å². The second-order valence-corrected chi connectivity index (χ2v) is 4.62. The number of rotatable bonds is 7. The second-order valence-electron chi connectivity index (χ2n) is 4.62. The Labute approximate surface area is 107 Å². The lowest BCUT2D eigenvalue weighted by atomic mass is 10.1. The molecule has 1 rings (SSSR count). The lowest BCUT2D eigenvalue weighted by molar-refractivity contribution is 0.194. The Hall–Kier alpha value is -1.16. The molecule has 2 unspecified atom stereocenters. The normalized spacial score (nSPS) is 14.3. The quantitative estimate of drug-likeness (QED) is 0.807. The molecule has 1 aromatic carbocycles. The molecule has 0 aromatic heterocycles. The Morgan fingerprint density at radius 3 is 2.33 bits per heavy atom.